The molecule has 2 unspecified atom stereocenters. The molecule has 0 saturated heterocycles. The van der Waals surface area contributed by atoms with Gasteiger partial charge >= 0.3 is 0 Å². The number of fused-ring (bicyclic) bond motifs is 5. The van der Waals surface area contributed by atoms with Crippen LogP contribution in [-0.4, -0.2) is 28.2 Å². The minimum absolute atomic E-state index is 0.129. The molecule has 0 aromatic heterocycles. The molecule has 136 valence electrons. The van der Waals surface area contributed by atoms with Gasteiger partial charge in [0.05, 0.1) is 12.2 Å². The van der Waals surface area contributed by atoms with Crippen LogP contribution in [0.1, 0.15) is 72.1 Å². The zero-order valence-electron chi connectivity index (χ0n) is 15.5. The monoisotopic (exact) mass is 334 g/mol. The molecule has 0 bridgehead atoms. The van der Waals surface area contributed by atoms with E-state index in [-0.39, 0.29) is 16.7 Å². The van der Waals surface area contributed by atoms with Crippen LogP contribution < -0.4 is 0 Å². The summed E-state index contributed by atoms with van der Waals surface area (Å²) in [5, 5.41) is 21.2. The molecule has 0 radical (unpaired) electrons. The lowest BCUT2D eigenvalue weighted by Crippen LogP contribution is -2.60. The Morgan fingerprint density at radius 1 is 0.917 bits per heavy atom. The van der Waals surface area contributed by atoms with Crippen LogP contribution in [0.5, 0.6) is 0 Å². The minimum atomic E-state index is -0.571. The van der Waals surface area contributed by atoms with E-state index in [0.29, 0.717) is 29.5 Å². The van der Waals surface area contributed by atoms with Gasteiger partial charge in [0.15, 0.2) is 0 Å². The second-order valence-electron chi connectivity index (χ2n) is 9.89. The Bertz CT molecular complexity index is 527. The summed E-state index contributed by atoms with van der Waals surface area (Å²) in [5.41, 5.74) is 0.0463. The van der Waals surface area contributed by atoms with Crippen molar-refractivity contribution in [3.8, 4) is 0 Å². The number of ketones is 1. The van der Waals surface area contributed by atoms with Crippen molar-refractivity contribution >= 4 is 5.78 Å². The van der Waals surface area contributed by atoms with E-state index < -0.39 is 12.2 Å². The van der Waals surface area contributed by atoms with E-state index in [1.807, 2.05) is 0 Å². The number of hydrogen-bond donors (Lipinski definition) is 2. The lowest BCUT2D eigenvalue weighted by atomic mass is 9.44. The van der Waals surface area contributed by atoms with E-state index in [1.165, 1.54) is 19.3 Å². The summed E-state index contributed by atoms with van der Waals surface area (Å²) in [4.78, 5) is 12.2. The smallest absolute Gasteiger partial charge is 0.133 e. The van der Waals surface area contributed by atoms with Crippen molar-refractivity contribution in [3.05, 3.63) is 0 Å². The second kappa shape index (κ2) is 5.54. The topological polar surface area (TPSA) is 57.5 Å². The van der Waals surface area contributed by atoms with Gasteiger partial charge < -0.3 is 10.2 Å². The first-order chi connectivity index (χ1) is 11.3. The third-order valence-electron chi connectivity index (χ3n) is 9.27. The third kappa shape index (κ3) is 2.06. The van der Waals surface area contributed by atoms with E-state index in [2.05, 4.69) is 13.8 Å². The highest BCUT2D eigenvalue weighted by Gasteiger charge is 2.63. The molecule has 0 heterocycles. The molecule has 9 atom stereocenters. The van der Waals surface area contributed by atoms with E-state index >= 15 is 0 Å². The molecule has 4 fully saturated rings. The van der Waals surface area contributed by atoms with E-state index in [0.717, 1.165) is 32.1 Å². The predicted octanol–water partition coefficient (Wildman–Crippen LogP) is 3.57. The number of aliphatic hydroxyl groups is 2. The predicted molar refractivity (Wildman–Crippen MR) is 93.3 cm³/mol. The molecular formula is C21H34O3. The molecule has 4 aliphatic carbocycles. The first-order valence-electron chi connectivity index (χ1n) is 10.2. The summed E-state index contributed by atoms with van der Waals surface area (Å²) >= 11 is 0. The summed E-state index contributed by atoms with van der Waals surface area (Å²) in [6, 6.07) is 0. The Hall–Kier alpha value is -0.410. The van der Waals surface area contributed by atoms with Crippen LogP contribution in [0.2, 0.25) is 0 Å². The molecular weight excluding hydrogens is 300 g/mol. The average Bonchev–Trinajstić information content (AvgIpc) is 2.89. The summed E-state index contributed by atoms with van der Waals surface area (Å²) in [5.74, 6) is 2.97. The Labute approximate surface area is 146 Å². The van der Waals surface area contributed by atoms with Gasteiger partial charge in [0.2, 0.25) is 0 Å². The molecule has 0 aromatic rings. The minimum Gasteiger partial charge on any atom is -0.390 e. The number of aliphatic hydroxyl groups excluding tert-OH is 2. The Morgan fingerprint density at radius 2 is 1.62 bits per heavy atom. The fourth-order valence-corrected chi connectivity index (χ4v) is 8.00. The van der Waals surface area contributed by atoms with E-state index in [9.17, 15) is 15.0 Å². The normalized spacial score (nSPS) is 57.0. The van der Waals surface area contributed by atoms with Gasteiger partial charge in [0.1, 0.15) is 5.78 Å². The number of rotatable bonds is 1. The van der Waals surface area contributed by atoms with Gasteiger partial charge in [-0.2, -0.15) is 0 Å². The van der Waals surface area contributed by atoms with Gasteiger partial charge in [0.25, 0.3) is 0 Å². The van der Waals surface area contributed by atoms with Gasteiger partial charge in [-0.3, -0.25) is 4.79 Å². The molecule has 3 heteroatoms. The molecule has 4 aliphatic rings. The van der Waals surface area contributed by atoms with Crippen LogP contribution in [0.15, 0.2) is 0 Å². The quantitative estimate of drug-likeness (QED) is 0.771. The molecule has 0 amide bonds. The van der Waals surface area contributed by atoms with Crippen LogP contribution in [0.3, 0.4) is 0 Å². The van der Waals surface area contributed by atoms with Crippen molar-refractivity contribution in [1.82, 2.24) is 0 Å². The Balaban J connectivity index is 1.66. The van der Waals surface area contributed by atoms with Gasteiger partial charge in [-0.1, -0.05) is 13.8 Å². The average molecular weight is 335 g/mol. The van der Waals surface area contributed by atoms with Gasteiger partial charge in [-0.15, -0.1) is 0 Å². The summed E-state index contributed by atoms with van der Waals surface area (Å²) < 4.78 is 0. The first kappa shape index (κ1) is 17.0. The number of Topliss-reactive ketones (excluding diaryl/α,β-unsaturated/α-hetero) is 1. The first-order valence-corrected chi connectivity index (χ1v) is 10.2. The SMILES string of the molecule is CC(=O)[C@H]1CC[C@H]2[C@@H]3CC[C@H]4CCC(O)C(O)[C@]4(C)[C@H]3CC[C@]12C. The molecule has 0 aliphatic heterocycles. The van der Waals surface area contributed by atoms with Crippen molar-refractivity contribution < 1.29 is 15.0 Å². The standard InChI is InChI=1S/C21H34O3/c1-12(22)15-7-8-16-14-6-4-13-5-9-18(23)19(24)21(13,3)17(14)10-11-20(15,16)2/h13-19,23-24H,4-11H2,1-3H3/t13-,14-,15+,16-,17-,18?,19?,20+,21-/m0/s1. The largest absolute Gasteiger partial charge is 0.390 e. The highest BCUT2D eigenvalue weighted by atomic mass is 16.3. The van der Waals surface area contributed by atoms with Crippen LogP contribution in [0.4, 0.5) is 0 Å². The fraction of sp³-hybridized carbons (Fsp3) is 0.952. The third-order valence-corrected chi connectivity index (χ3v) is 9.27. The summed E-state index contributed by atoms with van der Waals surface area (Å²) in [6.45, 7) is 6.42. The molecule has 4 saturated carbocycles. The molecule has 0 aromatic carbocycles. The molecule has 24 heavy (non-hydrogen) atoms. The number of carbonyl (C=O) groups is 1. The van der Waals surface area contributed by atoms with Crippen LogP contribution in [0.25, 0.3) is 0 Å². The zero-order valence-corrected chi connectivity index (χ0v) is 15.5. The van der Waals surface area contributed by atoms with Crippen LogP contribution >= 0.6 is 0 Å². The maximum absolute atomic E-state index is 12.2. The summed E-state index contributed by atoms with van der Waals surface area (Å²) in [7, 11) is 0. The maximum Gasteiger partial charge on any atom is 0.133 e. The fourth-order valence-electron chi connectivity index (χ4n) is 8.00. The zero-order chi connectivity index (χ0) is 17.3. The van der Waals surface area contributed by atoms with Crippen molar-refractivity contribution in [1.29, 1.82) is 0 Å². The second-order valence-corrected chi connectivity index (χ2v) is 9.89. The Kier molecular flexibility index (Phi) is 3.93. The summed E-state index contributed by atoms with van der Waals surface area (Å²) in [6.07, 6.45) is 7.64. The van der Waals surface area contributed by atoms with Crippen LogP contribution in [-0.2, 0) is 4.79 Å². The van der Waals surface area contributed by atoms with Crippen molar-refractivity contribution in [2.75, 3.05) is 0 Å². The van der Waals surface area contributed by atoms with Gasteiger partial charge in [-0.05, 0) is 87.4 Å². The van der Waals surface area contributed by atoms with Gasteiger partial charge in [-0.25, -0.2) is 0 Å². The van der Waals surface area contributed by atoms with Gasteiger partial charge in [0, 0.05) is 11.3 Å². The maximum atomic E-state index is 12.2. The van der Waals surface area contributed by atoms with Crippen molar-refractivity contribution in [3.63, 3.8) is 0 Å². The van der Waals surface area contributed by atoms with Crippen molar-refractivity contribution in [2.45, 2.75) is 84.3 Å². The number of carbonyl (C=O) groups excluding carboxylic acids is 1. The lowest BCUT2D eigenvalue weighted by molar-refractivity contribution is -0.195. The van der Waals surface area contributed by atoms with E-state index in [1.54, 1.807) is 6.92 Å². The molecule has 3 nitrogen and oxygen atoms in total. The number of hydrogen-bond acceptors (Lipinski definition) is 3. The molecule has 4 rings (SSSR count). The van der Waals surface area contributed by atoms with Crippen molar-refractivity contribution in [2.24, 2.45) is 40.4 Å². The Morgan fingerprint density at radius 3 is 2.33 bits per heavy atom. The highest BCUT2D eigenvalue weighted by Crippen LogP contribution is 2.67. The lowest BCUT2D eigenvalue weighted by Gasteiger charge is -2.62. The van der Waals surface area contributed by atoms with Crippen LogP contribution in [0, 0.1) is 40.4 Å². The molecule has 0 spiro atoms. The molecule has 2 N–H and O–H groups in total. The van der Waals surface area contributed by atoms with E-state index in [4.69, 9.17) is 0 Å². The highest BCUT2D eigenvalue weighted by molar-refractivity contribution is 5.79.